The molecule has 0 amide bonds. The molecule has 1 N–H and O–H groups in total. The molecule has 0 aromatic heterocycles. The molecule has 0 aliphatic heterocycles. The number of carboxylic acids is 1. The topological polar surface area (TPSA) is 37.3 Å². The first-order valence-corrected chi connectivity index (χ1v) is 4.96. The molecule has 0 saturated heterocycles. The van der Waals surface area contributed by atoms with Crippen molar-refractivity contribution in [3.63, 3.8) is 0 Å². The highest BCUT2D eigenvalue weighted by molar-refractivity contribution is 6.31. The lowest BCUT2D eigenvalue weighted by Gasteiger charge is -2.02. The van der Waals surface area contributed by atoms with Gasteiger partial charge in [-0.2, -0.15) is 0 Å². The summed E-state index contributed by atoms with van der Waals surface area (Å²) in [7, 11) is 0. The second-order valence-corrected chi connectivity index (χ2v) is 4.20. The number of carbonyl (C=O) groups is 1. The van der Waals surface area contributed by atoms with Crippen LogP contribution in [0, 0.1) is 12.8 Å². The number of hydrogen-bond donors (Lipinski definition) is 1. The van der Waals surface area contributed by atoms with Crippen LogP contribution in [0.25, 0.3) is 0 Å². The molecular formula is C11H11ClO2. The molecule has 1 aromatic rings. The highest BCUT2D eigenvalue weighted by Gasteiger charge is 2.44. The van der Waals surface area contributed by atoms with Crippen LogP contribution in [0.4, 0.5) is 0 Å². The molecule has 2 rings (SSSR count). The lowest BCUT2D eigenvalue weighted by molar-refractivity contribution is -0.138. The molecule has 0 heterocycles. The highest BCUT2D eigenvalue weighted by Crippen LogP contribution is 2.48. The summed E-state index contributed by atoms with van der Waals surface area (Å²) >= 11 is 5.97. The number of benzene rings is 1. The standard InChI is InChI=1S/C11H11ClO2/c1-6-2-3-7(4-10(6)12)8-5-9(8)11(13)14/h2-4,8-9H,5H2,1H3,(H,13,14)/t8-,9-/m0/s1. The van der Waals surface area contributed by atoms with Crippen molar-refractivity contribution in [1.82, 2.24) is 0 Å². The highest BCUT2D eigenvalue weighted by atomic mass is 35.5. The second kappa shape index (κ2) is 3.28. The molecule has 0 radical (unpaired) electrons. The van der Waals surface area contributed by atoms with E-state index in [9.17, 15) is 4.79 Å². The molecule has 3 heteroatoms. The monoisotopic (exact) mass is 210 g/mol. The number of carboxylic acid groups (broad SMARTS) is 1. The summed E-state index contributed by atoms with van der Waals surface area (Å²) in [4.78, 5) is 10.7. The normalized spacial score (nSPS) is 24.7. The van der Waals surface area contributed by atoms with E-state index >= 15 is 0 Å². The van der Waals surface area contributed by atoms with Crippen LogP contribution in [0.1, 0.15) is 23.5 Å². The maximum absolute atomic E-state index is 10.7. The van der Waals surface area contributed by atoms with E-state index in [-0.39, 0.29) is 11.8 Å². The summed E-state index contributed by atoms with van der Waals surface area (Å²) in [5.74, 6) is -0.730. The van der Waals surface area contributed by atoms with Crippen LogP contribution in [0.5, 0.6) is 0 Å². The van der Waals surface area contributed by atoms with Crippen molar-refractivity contribution in [2.45, 2.75) is 19.3 Å². The van der Waals surface area contributed by atoms with Gasteiger partial charge >= 0.3 is 5.97 Å². The second-order valence-electron chi connectivity index (χ2n) is 3.80. The number of hydrogen-bond acceptors (Lipinski definition) is 1. The Morgan fingerprint density at radius 2 is 2.29 bits per heavy atom. The number of rotatable bonds is 2. The van der Waals surface area contributed by atoms with Gasteiger partial charge in [-0.15, -0.1) is 0 Å². The lowest BCUT2D eigenvalue weighted by Crippen LogP contribution is -1.98. The summed E-state index contributed by atoms with van der Waals surface area (Å²) in [6.45, 7) is 1.94. The average molecular weight is 211 g/mol. The SMILES string of the molecule is Cc1ccc([C@@H]2C[C@@H]2C(=O)O)cc1Cl. The first kappa shape index (κ1) is 9.53. The molecule has 2 atom stereocenters. The van der Waals surface area contributed by atoms with Crippen LogP contribution < -0.4 is 0 Å². The van der Waals surface area contributed by atoms with Crippen LogP contribution in [0.2, 0.25) is 5.02 Å². The van der Waals surface area contributed by atoms with Gasteiger partial charge in [0, 0.05) is 5.02 Å². The van der Waals surface area contributed by atoms with Gasteiger partial charge in [0.25, 0.3) is 0 Å². The fraction of sp³-hybridized carbons (Fsp3) is 0.364. The Hall–Kier alpha value is -1.02. The summed E-state index contributed by atoms with van der Waals surface area (Å²) in [6, 6.07) is 5.79. The molecule has 14 heavy (non-hydrogen) atoms. The van der Waals surface area contributed by atoms with Crippen molar-refractivity contribution in [2.75, 3.05) is 0 Å². The maximum Gasteiger partial charge on any atom is 0.307 e. The van der Waals surface area contributed by atoms with Crippen molar-refractivity contribution in [3.8, 4) is 0 Å². The van der Waals surface area contributed by atoms with E-state index in [1.165, 1.54) is 0 Å². The van der Waals surface area contributed by atoms with Gasteiger partial charge in [-0.1, -0.05) is 23.7 Å². The molecule has 0 unspecified atom stereocenters. The minimum Gasteiger partial charge on any atom is -0.481 e. The predicted octanol–water partition coefficient (Wildman–Crippen LogP) is 2.84. The van der Waals surface area contributed by atoms with E-state index in [0.717, 1.165) is 22.6 Å². The van der Waals surface area contributed by atoms with Crippen molar-refractivity contribution in [2.24, 2.45) is 5.92 Å². The Labute approximate surface area is 87.5 Å². The molecule has 0 bridgehead atoms. The predicted molar refractivity (Wildman–Crippen MR) is 54.7 cm³/mol. The van der Waals surface area contributed by atoms with Crippen molar-refractivity contribution in [3.05, 3.63) is 34.3 Å². The third-order valence-corrected chi connectivity index (χ3v) is 3.14. The van der Waals surface area contributed by atoms with E-state index in [1.807, 2.05) is 25.1 Å². The zero-order valence-electron chi connectivity index (χ0n) is 7.83. The van der Waals surface area contributed by atoms with E-state index in [1.54, 1.807) is 0 Å². The summed E-state index contributed by atoms with van der Waals surface area (Å²) in [5.41, 5.74) is 2.08. The fourth-order valence-corrected chi connectivity index (χ4v) is 1.87. The Morgan fingerprint density at radius 1 is 1.57 bits per heavy atom. The summed E-state index contributed by atoms with van der Waals surface area (Å²) in [5, 5.41) is 9.50. The van der Waals surface area contributed by atoms with Crippen LogP contribution in [0.3, 0.4) is 0 Å². The minimum atomic E-state index is -0.702. The summed E-state index contributed by atoms with van der Waals surface area (Å²) in [6.07, 6.45) is 0.745. The van der Waals surface area contributed by atoms with E-state index in [4.69, 9.17) is 16.7 Å². The molecule has 1 fully saturated rings. The van der Waals surface area contributed by atoms with Crippen LogP contribution in [-0.2, 0) is 4.79 Å². The molecule has 1 aliphatic carbocycles. The van der Waals surface area contributed by atoms with Gasteiger partial charge in [0.1, 0.15) is 0 Å². The smallest absolute Gasteiger partial charge is 0.307 e. The first-order valence-electron chi connectivity index (χ1n) is 4.58. The number of aryl methyl sites for hydroxylation is 1. The van der Waals surface area contributed by atoms with Gasteiger partial charge in [0.2, 0.25) is 0 Å². The Kier molecular flexibility index (Phi) is 2.23. The quantitative estimate of drug-likeness (QED) is 0.815. The Balaban J connectivity index is 2.20. The van der Waals surface area contributed by atoms with Gasteiger partial charge < -0.3 is 5.11 Å². The van der Waals surface area contributed by atoms with Crippen LogP contribution >= 0.6 is 11.6 Å². The molecule has 1 aliphatic rings. The van der Waals surface area contributed by atoms with Gasteiger partial charge in [-0.25, -0.2) is 0 Å². The average Bonchev–Trinajstić information content (AvgIpc) is 2.89. The van der Waals surface area contributed by atoms with E-state index < -0.39 is 5.97 Å². The Bertz CT molecular complexity index is 387. The molecular weight excluding hydrogens is 200 g/mol. The van der Waals surface area contributed by atoms with Gasteiger partial charge in [0.15, 0.2) is 0 Å². The van der Waals surface area contributed by atoms with Gasteiger partial charge in [0.05, 0.1) is 5.92 Å². The summed E-state index contributed by atoms with van der Waals surface area (Å²) < 4.78 is 0. The van der Waals surface area contributed by atoms with Crippen molar-refractivity contribution >= 4 is 17.6 Å². The largest absolute Gasteiger partial charge is 0.481 e. The molecule has 1 aromatic carbocycles. The van der Waals surface area contributed by atoms with E-state index in [2.05, 4.69) is 0 Å². The van der Waals surface area contributed by atoms with Crippen LogP contribution in [0.15, 0.2) is 18.2 Å². The fourth-order valence-electron chi connectivity index (χ4n) is 1.68. The number of aliphatic carboxylic acids is 1. The Morgan fingerprint density at radius 3 is 2.79 bits per heavy atom. The third-order valence-electron chi connectivity index (χ3n) is 2.73. The lowest BCUT2D eigenvalue weighted by atomic mass is 10.1. The van der Waals surface area contributed by atoms with Gasteiger partial charge in [-0.3, -0.25) is 4.79 Å². The number of halogens is 1. The molecule has 1 saturated carbocycles. The first-order chi connectivity index (χ1) is 6.59. The van der Waals surface area contributed by atoms with E-state index in [0.29, 0.717) is 0 Å². The van der Waals surface area contributed by atoms with Crippen molar-refractivity contribution in [1.29, 1.82) is 0 Å². The zero-order chi connectivity index (χ0) is 10.3. The van der Waals surface area contributed by atoms with Crippen LogP contribution in [-0.4, -0.2) is 11.1 Å². The van der Waals surface area contributed by atoms with Crippen molar-refractivity contribution < 1.29 is 9.90 Å². The van der Waals surface area contributed by atoms with Gasteiger partial charge in [-0.05, 0) is 36.5 Å². The maximum atomic E-state index is 10.7. The zero-order valence-corrected chi connectivity index (χ0v) is 8.58. The molecule has 2 nitrogen and oxygen atoms in total. The molecule has 0 spiro atoms. The molecule has 74 valence electrons. The minimum absolute atomic E-state index is 0.172. The third kappa shape index (κ3) is 1.62.